The molecule has 4 amide bonds. The van der Waals surface area contributed by atoms with Crippen LogP contribution in [0.15, 0.2) is 0 Å². The molecule has 0 aliphatic heterocycles. The standard InChI is InChI=1S/C73H144N4O17P2/c1-7-12-17-22-25-28-30-33-35-40-45-50-70(79)76-66(61-87-57-53-68(93-65(6)78)48-43-38-20-15-10-4)63-91-95(83,84)89-59-55-74-73(82)75-56-60-90-96(85,86)92-64-67(77-71(80)51-46-41-36-34-31-29-26-23-18-13-8-2)62-88-58-54-69(49-44-39-21-16-11-5)94-72(81)52-47-42-37-32-27-24-19-14-9-3/h66-69H,7-64H2,1-6H3,(H,76,79)(H,77,80)(H,83,84)(H,85,86)(H2,74,75,82)/t66-,67-,68+,69+/m0/s1. The van der Waals surface area contributed by atoms with E-state index in [1.807, 2.05) is 0 Å². The van der Waals surface area contributed by atoms with Crippen LogP contribution in [0.4, 0.5) is 4.79 Å². The van der Waals surface area contributed by atoms with Crippen molar-refractivity contribution in [3.05, 3.63) is 0 Å². The Morgan fingerprint density at radius 3 is 0.958 bits per heavy atom. The van der Waals surface area contributed by atoms with Gasteiger partial charge in [-0.3, -0.25) is 37.3 Å². The van der Waals surface area contributed by atoms with E-state index >= 15 is 0 Å². The van der Waals surface area contributed by atoms with Gasteiger partial charge in [-0.25, -0.2) is 13.9 Å². The van der Waals surface area contributed by atoms with Gasteiger partial charge in [0.2, 0.25) is 11.8 Å². The predicted octanol–water partition coefficient (Wildman–Crippen LogP) is 18.2. The molecular formula is C73H144N4O17P2. The molecule has 0 aliphatic carbocycles. The molecule has 0 aromatic heterocycles. The van der Waals surface area contributed by atoms with E-state index < -0.39 is 60.2 Å². The fourth-order valence-electron chi connectivity index (χ4n) is 11.3. The molecule has 0 spiro atoms. The van der Waals surface area contributed by atoms with E-state index in [9.17, 15) is 42.9 Å². The molecule has 96 heavy (non-hydrogen) atoms. The van der Waals surface area contributed by atoms with Crippen LogP contribution in [0, 0.1) is 0 Å². The zero-order valence-electron chi connectivity index (χ0n) is 61.7. The second kappa shape index (κ2) is 68.1. The van der Waals surface area contributed by atoms with Gasteiger partial charge in [-0.05, 0) is 44.9 Å². The Balaban J connectivity index is 5.38. The van der Waals surface area contributed by atoms with Gasteiger partial charge in [0.1, 0.15) is 12.2 Å². The minimum absolute atomic E-state index is 0.0306. The number of amides is 4. The maximum absolute atomic E-state index is 13.2. The van der Waals surface area contributed by atoms with Gasteiger partial charge in [0.25, 0.3) is 0 Å². The van der Waals surface area contributed by atoms with Crippen LogP contribution in [-0.2, 0) is 65.4 Å². The van der Waals surface area contributed by atoms with Crippen molar-refractivity contribution in [3.63, 3.8) is 0 Å². The Bertz CT molecular complexity index is 1930. The number of ether oxygens (including phenoxy) is 4. The number of rotatable bonds is 74. The number of phosphoric ester groups is 2. The number of carbonyl (C=O) groups excluding carboxylic acids is 5. The third-order valence-electron chi connectivity index (χ3n) is 17.1. The quantitative estimate of drug-likeness (QED) is 0.0187. The summed E-state index contributed by atoms with van der Waals surface area (Å²) in [5.41, 5.74) is 0. The Kier molecular flexibility index (Phi) is 66.2. The van der Waals surface area contributed by atoms with Gasteiger partial charge in [-0.15, -0.1) is 0 Å². The summed E-state index contributed by atoms with van der Waals surface area (Å²) in [5.74, 6) is -1.03. The third kappa shape index (κ3) is 65.9. The highest BCUT2D eigenvalue weighted by molar-refractivity contribution is 7.47. The Labute approximate surface area is 584 Å². The summed E-state index contributed by atoms with van der Waals surface area (Å²) in [4.78, 5) is 85.0. The third-order valence-corrected chi connectivity index (χ3v) is 19.1. The monoisotopic (exact) mass is 1410 g/mol. The molecule has 0 heterocycles. The van der Waals surface area contributed by atoms with Gasteiger partial charge in [0.05, 0.1) is 64.9 Å². The number of hydrogen-bond donors (Lipinski definition) is 6. The molecule has 6 N–H and O–H groups in total. The number of phosphoric acid groups is 2. The minimum atomic E-state index is -4.69. The first-order valence-electron chi connectivity index (χ1n) is 38.9. The van der Waals surface area contributed by atoms with Crippen molar-refractivity contribution in [2.24, 2.45) is 0 Å². The molecule has 0 saturated heterocycles. The fraction of sp³-hybridized carbons (Fsp3) is 0.932. The average Bonchev–Trinajstić information content (AvgIpc) is 2.91. The molecule has 21 nitrogen and oxygen atoms in total. The van der Waals surface area contributed by atoms with Gasteiger partial charge >= 0.3 is 33.6 Å². The summed E-state index contributed by atoms with van der Waals surface area (Å²) in [7, 11) is -9.37. The molecule has 2 unspecified atom stereocenters. The van der Waals surface area contributed by atoms with Crippen LogP contribution < -0.4 is 21.3 Å². The van der Waals surface area contributed by atoms with Crippen LogP contribution >= 0.6 is 15.6 Å². The van der Waals surface area contributed by atoms with Gasteiger partial charge in [-0.2, -0.15) is 0 Å². The average molecular weight is 1410 g/mol. The first-order valence-corrected chi connectivity index (χ1v) is 41.8. The van der Waals surface area contributed by atoms with Gasteiger partial charge in [-0.1, -0.05) is 266 Å². The van der Waals surface area contributed by atoms with Crippen molar-refractivity contribution in [3.8, 4) is 0 Å². The van der Waals surface area contributed by atoms with Crippen molar-refractivity contribution >= 4 is 45.4 Å². The molecule has 0 aliphatic rings. The van der Waals surface area contributed by atoms with Crippen molar-refractivity contribution in [1.82, 2.24) is 21.3 Å². The van der Waals surface area contributed by atoms with Crippen molar-refractivity contribution in [1.29, 1.82) is 0 Å². The van der Waals surface area contributed by atoms with Gasteiger partial charge in [0, 0.05) is 52.1 Å². The molecule has 0 bridgehead atoms. The zero-order valence-corrected chi connectivity index (χ0v) is 63.5. The van der Waals surface area contributed by atoms with Crippen molar-refractivity contribution < 1.29 is 79.9 Å². The summed E-state index contributed by atoms with van der Waals surface area (Å²) >= 11 is 0. The number of nitrogens with one attached hydrogen (secondary N) is 4. The first-order chi connectivity index (χ1) is 46.5. The smallest absolute Gasteiger partial charge is 0.462 e. The molecule has 0 aromatic rings. The van der Waals surface area contributed by atoms with E-state index in [1.165, 1.54) is 135 Å². The summed E-state index contributed by atoms with van der Waals surface area (Å²) in [6, 6.07) is -2.32. The van der Waals surface area contributed by atoms with Crippen LogP contribution in [0.5, 0.6) is 0 Å². The lowest BCUT2D eigenvalue weighted by molar-refractivity contribution is -0.151. The Morgan fingerprint density at radius 2 is 0.635 bits per heavy atom. The van der Waals surface area contributed by atoms with Crippen LogP contribution in [0.2, 0.25) is 0 Å². The van der Waals surface area contributed by atoms with Crippen LogP contribution in [-0.4, -0.2) is 130 Å². The Hall–Kier alpha value is -2.71. The number of urea groups is 1. The largest absolute Gasteiger partial charge is 0.472 e. The first kappa shape index (κ1) is 93.3. The lowest BCUT2D eigenvalue weighted by Gasteiger charge is -2.22. The molecule has 0 aromatic carbocycles. The van der Waals surface area contributed by atoms with Crippen LogP contribution in [0.25, 0.3) is 0 Å². The zero-order chi connectivity index (χ0) is 70.7. The number of esters is 2. The topological polar surface area (TPSA) is 282 Å². The molecule has 568 valence electrons. The summed E-state index contributed by atoms with van der Waals surface area (Å²) < 4.78 is 70.6. The highest BCUT2D eigenvalue weighted by Crippen LogP contribution is 2.44. The van der Waals surface area contributed by atoms with E-state index in [0.717, 1.165) is 128 Å². The second-order valence-corrected chi connectivity index (χ2v) is 29.4. The molecule has 6 atom stereocenters. The molecule has 0 radical (unpaired) electrons. The van der Waals surface area contributed by atoms with Crippen LogP contribution in [0.3, 0.4) is 0 Å². The SMILES string of the molecule is CCCCCCCCCCCCCC(=O)N[C@@H](COCC[C@@H](CCCCCCC)OC(C)=O)COP(=O)(O)OCCNC(=O)NCCOP(=O)(O)OC[C@H](COCC[C@@H](CCCCCCC)OC(=O)CCCCCCCCCCC)NC(=O)CCCCCCCCCCCCC. The second-order valence-electron chi connectivity index (χ2n) is 26.5. The maximum atomic E-state index is 13.2. The Morgan fingerprint density at radius 1 is 0.344 bits per heavy atom. The van der Waals surface area contributed by atoms with Crippen LogP contribution in [0.1, 0.15) is 350 Å². The molecular weight excluding hydrogens is 1270 g/mol. The molecule has 0 saturated carbocycles. The lowest BCUT2D eigenvalue weighted by atomic mass is 10.1. The molecule has 23 heteroatoms. The van der Waals surface area contributed by atoms with E-state index in [0.29, 0.717) is 38.5 Å². The summed E-state index contributed by atoms with van der Waals surface area (Å²) in [6.07, 6.45) is 49.0. The van der Waals surface area contributed by atoms with Gasteiger partial charge < -0.3 is 50.0 Å². The lowest BCUT2D eigenvalue weighted by Crippen LogP contribution is -2.41. The molecule has 0 rings (SSSR count). The predicted molar refractivity (Wildman–Crippen MR) is 386 cm³/mol. The highest BCUT2D eigenvalue weighted by Gasteiger charge is 2.27. The highest BCUT2D eigenvalue weighted by atomic mass is 31.2. The maximum Gasteiger partial charge on any atom is 0.472 e. The molecule has 0 fully saturated rings. The summed E-state index contributed by atoms with van der Waals surface area (Å²) in [5, 5.41) is 10.7. The fourth-order valence-corrected chi connectivity index (χ4v) is 12.9. The number of carbonyl (C=O) groups is 5. The summed E-state index contributed by atoms with van der Waals surface area (Å²) in [6.45, 7) is 10.7. The number of hydrogen-bond acceptors (Lipinski definition) is 15. The minimum Gasteiger partial charge on any atom is -0.462 e. The number of unbranched alkanes of at least 4 members (excludes halogenated alkanes) is 36. The van der Waals surface area contributed by atoms with E-state index in [2.05, 4.69) is 55.9 Å². The van der Waals surface area contributed by atoms with E-state index in [1.54, 1.807) is 0 Å². The normalized spacial score (nSPS) is 14.1. The van der Waals surface area contributed by atoms with Crippen molar-refractivity contribution in [2.75, 3.05) is 65.9 Å². The van der Waals surface area contributed by atoms with Gasteiger partial charge in [0.15, 0.2) is 0 Å². The van der Waals surface area contributed by atoms with Crippen molar-refractivity contribution in [2.45, 2.75) is 374 Å². The van der Waals surface area contributed by atoms with E-state index in [4.69, 9.17) is 37.0 Å². The van der Waals surface area contributed by atoms with E-state index in [-0.39, 0.29) is 88.3 Å².